The van der Waals surface area contributed by atoms with Crippen LogP contribution >= 0.6 is 11.6 Å². The average molecular weight is 427 g/mol. The van der Waals surface area contributed by atoms with Crippen molar-refractivity contribution >= 4 is 27.5 Å². The number of amides is 1. The van der Waals surface area contributed by atoms with Crippen molar-refractivity contribution in [1.82, 2.24) is 10.2 Å². The van der Waals surface area contributed by atoms with E-state index < -0.39 is 21.5 Å². The molecule has 0 bridgehead atoms. The molecule has 1 heterocycles. The minimum atomic E-state index is -4.02. The van der Waals surface area contributed by atoms with E-state index in [0.717, 1.165) is 0 Å². The molecule has 0 spiro atoms. The third-order valence-corrected chi connectivity index (χ3v) is 6.17. The van der Waals surface area contributed by atoms with Crippen LogP contribution in [0.15, 0.2) is 53.4 Å². The Bertz CT molecular complexity index is 943. The SMILES string of the molecule is O=C(NO)C1(NS(=O)(=O)c2ccc(Oc3cccc(Cl)c3)cc2)CCOCC1. The van der Waals surface area contributed by atoms with Gasteiger partial charge in [-0.2, -0.15) is 4.72 Å². The van der Waals surface area contributed by atoms with Gasteiger partial charge in [0.1, 0.15) is 17.0 Å². The molecule has 28 heavy (non-hydrogen) atoms. The maximum atomic E-state index is 12.8. The van der Waals surface area contributed by atoms with Gasteiger partial charge in [0.2, 0.25) is 10.0 Å². The minimum Gasteiger partial charge on any atom is -0.457 e. The molecular formula is C18H19ClN2O6S. The van der Waals surface area contributed by atoms with Gasteiger partial charge in [-0.05, 0) is 55.3 Å². The fraction of sp³-hybridized carbons (Fsp3) is 0.278. The second kappa shape index (κ2) is 8.46. The lowest BCUT2D eigenvalue weighted by Crippen LogP contribution is -2.60. The summed E-state index contributed by atoms with van der Waals surface area (Å²) in [7, 11) is -4.02. The Labute approximate surface area is 167 Å². The molecule has 8 nitrogen and oxygen atoms in total. The van der Waals surface area contributed by atoms with E-state index in [2.05, 4.69) is 4.72 Å². The Balaban J connectivity index is 1.78. The van der Waals surface area contributed by atoms with Crippen LogP contribution in [0.25, 0.3) is 0 Å². The maximum absolute atomic E-state index is 12.8. The summed E-state index contributed by atoms with van der Waals surface area (Å²) in [4.78, 5) is 12.1. The molecule has 0 atom stereocenters. The second-order valence-electron chi connectivity index (χ2n) is 6.27. The van der Waals surface area contributed by atoms with Gasteiger partial charge in [0, 0.05) is 18.2 Å². The highest BCUT2D eigenvalue weighted by atomic mass is 35.5. The van der Waals surface area contributed by atoms with Crippen molar-refractivity contribution in [1.29, 1.82) is 0 Å². The van der Waals surface area contributed by atoms with Crippen molar-refractivity contribution in [3.8, 4) is 11.5 Å². The predicted molar refractivity (Wildman–Crippen MR) is 101 cm³/mol. The number of benzene rings is 2. The second-order valence-corrected chi connectivity index (χ2v) is 8.39. The van der Waals surface area contributed by atoms with Crippen molar-refractivity contribution in [3.05, 3.63) is 53.6 Å². The summed E-state index contributed by atoms with van der Waals surface area (Å²) in [6, 6.07) is 12.5. The van der Waals surface area contributed by atoms with Gasteiger partial charge in [0.05, 0.1) is 4.90 Å². The summed E-state index contributed by atoms with van der Waals surface area (Å²) >= 11 is 5.91. The molecule has 1 amide bonds. The van der Waals surface area contributed by atoms with Crippen LogP contribution < -0.4 is 14.9 Å². The summed E-state index contributed by atoms with van der Waals surface area (Å²) in [5.74, 6) is 0.123. The molecule has 150 valence electrons. The number of halogens is 1. The Morgan fingerprint density at radius 2 is 1.79 bits per heavy atom. The Morgan fingerprint density at radius 1 is 1.11 bits per heavy atom. The first kappa shape index (κ1) is 20.6. The van der Waals surface area contributed by atoms with Crippen LogP contribution in [0, 0.1) is 0 Å². The van der Waals surface area contributed by atoms with Crippen LogP contribution in [0.5, 0.6) is 11.5 Å². The van der Waals surface area contributed by atoms with Crippen LogP contribution in [0.3, 0.4) is 0 Å². The lowest BCUT2D eigenvalue weighted by molar-refractivity contribution is -0.139. The molecule has 1 fully saturated rings. The number of ether oxygens (including phenoxy) is 2. The van der Waals surface area contributed by atoms with Crippen molar-refractivity contribution < 1.29 is 27.9 Å². The van der Waals surface area contributed by atoms with E-state index in [1.807, 2.05) is 0 Å². The smallest absolute Gasteiger partial charge is 0.264 e. The van der Waals surface area contributed by atoms with Crippen LogP contribution in [0.1, 0.15) is 12.8 Å². The summed E-state index contributed by atoms with van der Waals surface area (Å²) < 4.78 is 38.8. The highest BCUT2D eigenvalue weighted by molar-refractivity contribution is 7.89. The Morgan fingerprint density at radius 3 is 2.39 bits per heavy atom. The molecule has 2 aromatic carbocycles. The van der Waals surface area contributed by atoms with E-state index in [9.17, 15) is 13.2 Å². The van der Waals surface area contributed by atoms with Crippen LogP contribution in [-0.2, 0) is 19.6 Å². The van der Waals surface area contributed by atoms with Crippen LogP contribution in [0.4, 0.5) is 0 Å². The molecule has 3 rings (SSSR count). The number of sulfonamides is 1. The van der Waals surface area contributed by atoms with E-state index in [0.29, 0.717) is 16.5 Å². The van der Waals surface area contributed by atoms with E-state index in [1.165, 1.54) is 29.7 Å². The molecule has 0 saturated carbocycles. The molecule has 3 N–H and O–H groups in total. The Hall–Kier alpha value is -2.17. The van der Waals surface area contributed by atoms with Crippen molar-refractivity contribution in [2.75, 3.05) is 13.2 Å². The fourth-order valence-corrected chi connectivity index (χ4v) is 4.48. The molecule has 10 heteroatoms. The lowest BCUT2D eigenvalue weighted by atomic mass is 9.91. The minimum absolute atomic E-state index is 0.0393. The van der Waals surface area contributed by atoms with Gasteiger partial charge in [0.25, 0.3) is 5.91 Å². The first-order valence-corrected chi connectivity index (χ1v) is 10.3. The molecule has 0 aromatic heterocycles. The van der Waals surface area contributed by atoms with Crippen molar-refractivity contribution in [2.24, 2.45) is 0 Å². The van der Waals surface area contributed by atoms with E-state index in [1.54, 1.807) is 24.3 Å². The van der Waals surface area contributed by atoms with Crippen molar-refractivity contribution in [2.45, 2.75) is 23.3 Å². The number of hydrogen-bond acceptors (Lipinski definition) is 6. The monoisotopic (exact) mass is 426 g/mol. The summed E-state index contributed by atoms with van der Waals surface area (Å²) in [5.41, 5.74) is 0.0679. The standard InChI is InChI=1S/C18H19ClN2O6S/c19-13-2-1-3-15(12-13)27-14-4-6-16(7-5-14)28(24,25)21-18(17(22)20-23)8-10-26-11-9-18/h1-7,12,21,23H,8-11H2,(H,20,22). The van der Waals surface area contributed by atoms with E-state index >= 15 is 0 Å². The van der Waals surface area contributed by atoms with Gasteiger partial charge in [-0.25, -0.2) is 13.9 Å². The van der Waals surface area contributed by atoms with Crippen molar-refractivity contribution in [3.63, 3.8) is 0 Å². The maximum Gasteiger partial charge on any atom is 0.264 e. The lowest BCUT2D eigenvalue weighted by Gasteiger charge is -2.35. The zero-order valence-electron chi connectivity index (χ0n) is 14.7. The normalized spacial score (nSPS) is 16.4. The van der Waals surface area contributed by atoms with Gasteiger partial charge in [-0.1, -0.05) is 17.7 Å². The van der Waals surface area contributed by atoms with Crippen LogP contribution in [0.2, 0.25) is 5.02 Å². The highest BCUT2D eigenvalue weighted by Gasteiger charge is 2.43. The summed E-state index contributed by atoms with van der Waals surface area (Å²) in [6.07, 6.45) is 0.211. The number of rotatable bonds is 6. The first-order valence-electron chi connectivity index (χ1n) is 8.44. The topological polar surface area (TPSA) is 114 Å². The molecule has 1 saturated heterocycles. The molecule has 1 aliphatic rings. The third-order valence-electron chi connectivity index (χ3n) is 4.38. The van der Waals surface area contributed by atoms with Gasteiger partial charge < -0.3 is 9.47 Å². The number of carbonyl (C=O) groups is 1. The first-order chi connectivity index (χ1) is 13.3. The van der Waals surface area contributed by atoms with Crippen LogP contribution in [-0.4, -0.2) is 38.3 Å². The molecule has 0 radical (unpaired) electrons. The van der Waals surface area contributed by atoms with Gasteiger partial charge in [-0.15, -0.1) is 0 Å². The largest absolute Gasteiger partial charge is 0.457 e. The quantitative estimate of drug-likeness (QED) is 0.483. The van der Waals surface area contributed by atoms with Gasteiger partial charge in [0.15, 0.2) is 0 Å². The van der Waals surface area contributed by atoms with Gasteiger partial charge in [-0.3, -0.25) is 10.0 Å². The molecular weight excluding hydrogens is 408 g/mol. The number of hydroxylamine groups is 1. The number of hydrogen-bond donors (Lipinski definition) is 3. The highest BCUT2D eigenvalue weighted by Crippen LogP contribution is 2.27. The Kier molecular flexibility index (Phi) is 6.21. The average Bonchev–Trinajstić information content (AvgIpc) is 2.68. The zero-order chi connectivity index (χ0) is 20.2. The fourth-order valence-electron chi connectivity index (χ4n) is 2.87. The molecule has 0 aliphatic carbocycles. The van der Waals surface area contributed by atoms with E-state index in [-0.39, 0.29) is 31.0 Å². The summed E-state index contributed by atoms with van der Waals surface area (Å²) in [5, 5.41) is 9.53. The number of nitrogens with one attached hydrogen (secondary N) is 2. The van der Waals surface area contributed by atoms with Gasteiger partial charge >= 0.3 is 0 Å². The third kappa shape index (κ3) is 4.62. The number of carbonyl (C=O) groups excluding carboxylic acids is 1. The van der Waals surface area contributed by atoms with E-state index in [4.69, 9.17) is 26.3 Å². The molecule has 0 unspecified atom stereocenters. The molecule has 1 aliphatic heterocycles. The summed E-state index contributed by atoms with van der Waals surface area (Å²) in [6.45, 7) is 0.394. The molecule has 2 aromatic rings. The predicted octanol–water partition coefficient (Wildman–Crippen LogP) is 2.47. The zero-order valence-corrected chi connectivity index (χ0v) is 16.3.